The Morgan fingerprint density at radius 1 is 1.07 bits per heavy atom. The van der Waals surface area contributed by atoms with E-state index < -0.39 is 0 Å². The summed E-state index contributed by atoms with van der Waals surface area (Å²) in [5.41, 5.74) is 3.73. The summed E-state index contributed by atoms with van der Waals surface area (Å²) < 4.78 is 7.71. The smallest absolute Gasteiger partial charge is 0.408 e. The third-order valence-electron chi connectivity index (χ3n) is 5.19. The van der Waals surface area contributed by atoms with Crippen molar-refractivity contribution in [3.63, 3.8) is 0 Å². The minimum Gasteiger partial charge on any atom is -0.408 e. The van der Waals surface area contributed by atoms with Gasteiger partial charge in [0.05, 0.1) is 17.7 Å². The van der Waals surface area contributed by atoms with E-state index in [1.54, 1.807) is 11.0 Å². The summed E-state index contributed by atoms with van der Waals surface area (Å²) in [6.45, 7) is 5.11. The second-order valence-electron chi connectivity index (χ2n) is 7.19. The van der Waals surface area contributed by atoms with Crippen LogP contribution in [0, 0.1) is 13.8 Å². The zero-order valence-corrected chi connectivity index (χ0v) is 16.2. The van der Waals surface area contributed by atoms with Gasteiger partial charge in [-0.25, -0.2) is 9.78 Å². The van der Waals surface area contributed by atoms with Crippen LogP contribution in [0.4, 0.5) is 4.79 Å². The molecule has 0 aliphatic carbocycles. The fourth-order valence-electron chi connectivity index (χ4n) is 3.58. The van der Waals surface area contributed by atoms with Crippen LogP contribution in [0.2, 0.25) is 0 Å². The maximum absolute atomic E-state index is 12.5. The van der Waals surface area contributed by atoms with Crippen LogP contribution in [-0.2, 0) is 0 Å². The summed E-state index contributed by atoms with van der Waals surface area (Å²) in [6, 6.07) is 14.2. The van der Waals surface area contributed by atoms with Gasteiger partial charge in [-0.2, -0.15) is 0 Å². The molecule has 0 radical (unpaired) electrons. The Morgan fingerprint density at radius 3 is 2.54 bits per heavy atom. The molecule has 0 saturated carbocycles. The molecule has 0 bridgehead atoms. The molecule has 1 fully saturated rings. The van der Waals surface area contributed by atoms with E-state index >= 15 is 0 Å². The lowest BCUT2D eigenvalue weighted by Crippen LogP contribution is -2.40. The molecule has 1 aromatic carbocycles. The van der Waals surface area contributed by atoms with Gasteiger partial charge < -0.3 is 14.2 Å². The Morgan fingerprint density at radius 2 is 1.82 bits per heavy atom. The van der Waals surface area contributed by atoms with Gasteiger partial charge in [0.15, 0.2) is 5.75 Å². The normalized spacial score (nSPS) is 14.9. The maximum Gasteiger partial charge on any atom is 0.415 e. The van der Waals surface area contributed by atoms with Gasteiger partial charge in [-0.1, -0.05) is 30.3 Å². The van der Waals surface area contributed by atoms with Crippen molar-refractivity contribution in [3.05, 3.63) is 66.4 Å². The number of aryl methyl sites for hydroxylation is 2. The standard InChI is InChI=1S/C22H24N4O2/c1-16-8-9-21(17(2)24-16)28-22(27)25-12-10-19(11-13-25)26-14-20(23-15-26)18-6-4-3-5-7-18/h3-9,14-15,19H,10-13H2,1-2H3. The number of hydrogen-bond donors (Lipinski definition) is 0. The highest BCUT2D eigenvalue weighted by atomic mass is 16.6. The van der Waals surface area contributed by atoms with Gasteiger partial charge in [-0.15, -0.1) is 0 Å². The lowest BCUT2D eigenvalue weighted by atomic mass is 10.1. The van der Waals surface area contributed by atoms with Gasteiger partial charge in [-0.3, -0.25) is 4.98 Å². The molecule has 0 N–H and O–H groups in total. The van der Waals surface area contributed by atoms with Crippen LogP contribution < -0.4 is 4.74 Å². The summed E-state index contributed by atoms with van der Waals surface area (Å²) in [6.07, 6.45) is 5.44. The van der Waals surface area contributed by atoms with Gasteiger partial charge in [0.1, 0.15) is 0 Å². The van der Waals surface area contributed by atoms with Gasteiger partial charge in [0.25, 0.3) is 0 Å². The van der Waals surface area contributed by atoms with Crippen LogP contribution in [-0.4, -0.2) is 38.6 Å². The first-order valence-electron chi connectivity index (χ1n) is 9.60. The summed E-state index contributed by atoms with van der Waals surface area (Å²) >= 11 is 0. The van der Waals surface area contributed by atoms with E-state index in [0.29, 0.717) is 24.9 Å². The molecule has 0 unspecified atom stereocenters. The van der Waals surface area contributed by atoms with E-state index in [1.807, 2.05) is 44.4 Å². The fourth-order valence-corrected chi connectivity index (χ4v) is 3.58. The first kappa shape index (κ1) is 18.2. The van der Waals surface area contributed by atoms with Gasteiger partial charge in [-0.05, 0) is 38.8 Å². The minimum atomic E-state index is -0.303. The van der Waals surface area contributed by atoms with Crippen molar-refractivity contribution in [3.8, 4) is 17.0 Å². The van der Waals surface area contributed by atoms with E-state index in [2.05, 4.69) is 32.9 Å². The third kappa shape index (κ3) is 3.91. The highest BCUT2D eigenvalue weighted by Crippen LogP contribution is 2.26. The number of piperidine rings is 1. The Labute approximate surface area is 164 Å². The number of likely N-dealkylation sites (tertiary alicyclic amines) is 1. The minimum absolute atomic E-state index is 0.303. The van der Waals surface area contributed by atoms with E-state index in [9.17, 15) is 4.79 Å². The average Bonchev–Trinajstić information content (AvgIpc) is 3.21. The van der Waals surface area contributed by atoms with Crippen molar-refractivity contribution in [1.29, 1.82) is 0 Å². The maximum atomic E-state index is 12.5. The second-order valence-corrected chi connectivity index (χ2v) is 7.19. The lowest BCUT2D eigenvalue weighted by Gasteiger charge is -2.31. The quantitative estimate of drug-likeness (QED) is 0.680. The van der Waals surface area contributed by atoms with E-state index in [1.165, 1.54) is 0 Å². The number of benzene rings is 1. The van der Waals surface area contributed by atoms with Crippen LogP contribution in [0.25, 0.3) is 11.3 Å². The number of nitrogens with zero attached hydrogens (tertiary/aromatic N) is 4. The van der Waals surface area contributed by atoms with Gasteiger partial charge in [0, 0.05) is 36.6 Å². The predicted molar refractivity (Wildman–Crippen MR) is 107 cm³/mol. The molecule has 3 aromatic rings. The van der Waals surface area contributed by atoms with Crippen LogP contribution in [0.3, 0.4) is 0 Å². The summed E-state index contributed by atoms with van der Waals surface area (Å²) in [5, 5.41) is 0. The zero-order chi connectivity index (χ0) is 19.5. The van der Waals surface area contributed by atoms with Crippen LogP contribution in [0.1, 0.15) is 30.3 Å². The Hall–Kier alpha value is -3.15. The Balaban J connectivity index is 1.35. The monoisotopic (exact) mass is 376 g/mol. The lowest BCUT2D eigenvalue weighted by molar-refractivity contribution is 0.131. The number of pyridine rings is 1. The molecule has 6 heteroatoms. The molecule has 1 saturated heterocycles. The number of aromatic nitrogens is 3. The molecule has 3 heterocycles. The van der Waals surface area contributed by atoms with Crippen molar-refractivity contribution in [2.75, 3.05) is 13.1 Å². The number of ether oxygens (including phenoxy) is 1. The third-order valence-corrected chi connectivity index (χ3v) is 5.19. The number of imidazole rings is 1. The number of carbonyl (C=O) groups is 1. The topological polar surface area (TPSA) is 60.2 Å². The Kier molecular flexibility index (Phi) is 5.10. The fraction of sp³-hybridized carbons (Fsp3) is 0.318. The second kappa shape index (κ2) is 7.84. The first-order valence-corrected chi connectivity index (χ1v) is 9.60. The average molecular weight is 376 g/mol. The molecule has 6 nitrogen and oxygen atoms in total. The molecule has 4 rings (SSSR count). The summed E-state index contributed by atoms with van der Waals surface area (Å²) in [5.74, 6) is 0.528. The largest absolute Gasteiger partial charge is 0.415 e. The Bertz CT molecular complexity index is 960. The molecule has 1 aliphatic rings. The molecular formula is C22H24N4O2. The number of amides is 1. The van der Waals surface area contributed by atoms with E-state index in [0.717, 1.165) is 35.5 Å². The predicted octanol–water partition coefficient (Wildman–Crippen LogP) is 4.40. The molecule has 1 aliphatic heterocycles. The number of carbonyl (C=O) groups excluding carboxylic acids is 1. The van der Waals surface area contributed by atoms with Crippen molar-refractivity contribution >= 4 is 6.09 Å². The highest BCUT2D eigenvalue weighted by molar-refractivity contribution is 5.71. The van der Waals surface area contributed by atoms with Gasteiger partial charge >= 0.3 is 6.09 Å². The molecule has 28 heavy (non-hydrogen) atoms. The van der Waals surface area contributed by atoms with E-state index in [-0.39, 0.29) is 6.09 Å². The van der Waals surface area contributed by atoms with Crippen LogP contribution in [0.5, 0.6) is 5.75 Å². The summed E-state index contributed by atoms with van der Waals surface area (Å²) in [7, 11) is 0. The van der Waals surface area contributed by atoms with Crippen LogP contribution >= 0.6 is 0 Å². The van der Waals surface area contributed by atoms with Crippen molar-refractivity contribution in [1.82, 2.24) is 19.4 Å². The molecular weight excluding hydrogens is 352 g/mol. The number of hydrogen-bond acceptors (Lipinski definition) is 4. The SMILES string of the molecule is Cc1ccc(OC(=O)N2CCC(n3cnc(-c4ccccc4)c3)CC2)c(C)n1. The molecule has 144 valence electrons. The number of rotatable bonds is 3. The van der Waals surface area contributed by atoms with Crippen molar-refractivity contribution < 1.29 is 9.53 Å². The summed E-state index contributed by atoms with van der Waals surface area (Å²) in [4.78, 5) is 23.1. The highest BCUT2D eigenvalue weighted by Gasteiger charge is 2.25. The van der Waals surface area contributed by atoms with Gasteiger partial charge in [0.2, 0.25) is 0 Å². The molecule has 2 aromatic heterocycles. The molecule has 0 spiro atoms. The van der Waals surface area contributed by atoms with Crippen LogP contribution in [0.15, 0.2) is 55.0 Å². The van der Waals surface area contributed by atoms with Crippen molar-refractivity contribution in [2.24, 2.45) is 0 Å². The molecule has 0 atom stereocenters. The van der Waals surface area contributed by atoms with E-state index in [4.69, 9.17) is 4.74 Å². The zero-order valence-electron chi connectivity index (χ0n) is 16.2. The van der Waals surface area contributed by atoms with Crippen molar-refractivity contribution in [2.45, 2.75) is 32.7 Å². The first-order chi connectivity index (χ1) is 13.6. The molecule has 1 amide bonds.